The van der Waals surface area contributed by atoms with Gasteiger partial charge in [-0.1, -0.05) is 0 Å². The van der Waals surface area contributed by atoms with Crippen LogP contribution in [0.1, 0.15) is 19.3 Å². The van der Waals surface area contributed by atoms with Crippen LogP contribution >= 0.6 is 0 Å². The van der Waals surface area contributed by atoms with Crippen molar-refractivity contribution in [3.05, 3.63) is 30.9 Å². The van der Waals surface area contributed by atoms with E-state index >= 15 is 0 Å². The molecule has 2 aliphatic rings. The number of aromatic nitrogens is 3. The molecule has 0 N–H and O–H groups in total. The molecule has 1 fully saturated rings. The first-order chi connectivity index (χ1) is 12.4. The average molecular weight is 344 g/mol. The first-order valence-electron chi connectivity index (χ1n) is 8.94. The van der Waals surface area contributed by atoms with Gasteiger partial charge in [0.1, 0.15) is 18.4 Å². The van der Waals surface area contributed by atoms with Crippen molar-refractivity contribution in [2.45, 2.75) is 25.8 Å². The van der Waals surface area contributed by atoms with E-state index in [-0.39, 0.29) is 0 Å². The van der Waals surface area contributed by atoms with Crippen molar-refractivity contribution in [1.82, 2.24) is 19.7 Å². The van der Waals surface area contributed by atoms with Crippen molar-refractivity contribution >= 4 is 0 Å². The SMILES string of the molecule is c1ncn(CC2CCCN(CCCOc3ccc4c(c3)OCO4)C2)n1. The Morgan fingerprint density at radius 2 is 2.20 bits per heavy atom. The van der Waals surface area contributed by atoms with E-state index < -0.39 is 0 Å². The molecule has 0 amide bonds. The Kier molecular flexibility index (Phi) is 5.01. The zero-order chi connectivity index (χ0) is 16.9. The van der Waals surface area contributed by atoms with E-state index in [1.165, 1.54) is 19.4 Å². The molecule has 2 aliphatic heterocycles. The van der Waals surface area contributed by atoms with Gasteiger partial charge in [-0.05, 0) is 43.9 Å². The predicted octanol–water partition coefficient (Wildman–Crippen LogP) is 2.19. The van der Waals surface area contributed by atoms with Gasteiger partial charge >= 0.3 is 0 Å². The highest BCUT2D eigenvalue weighted by atomic mass is 16.7. The van der Waals surface area contributed by atoms with E-state index in [4.69, 9.17) is 14.2 Å². The molecule has 7 nitrogen and oxygen atoms in total. The monoisotopic (exact) mass is 344 g/mol. The van der Waals surface area contributed by atoms with Crippen molar-refractivity contribution in [3.63, 3.8) is 0 Å². The van der Waals surface area contributed by atoms with Crippen LogP contribution < -0.4 is 14.2 Å². The highest BCUT2D eigenvalue weighted by Crippen LogP contribution is 2.35. The van der Waals surface area contributed by atoms with Crippen LogP contribution in [0.5, 0.6) is 17.2 Å². The Morgan fingerprint density at radius 1 is 1.24 bits per heavy atom. The minimum atomic E-state index is 0.295. The molecule has 134 valence electrons. The summed E-state index contributed by atoms with van der Waals surface area (Å²) in [6.07, 6.45) is 6.95. The molecule has 0 spiro atoms. The van der Waals surface area contributed by atoms with Crippen LogP contribution in [0.2, 0.25) is 0 Å². The fourth-order valence-electron chi connectivity index (χ4n) is 3.54. The highest BCUT2D eigenvalue weighted by Gasteiger charge is 2.20. The Morgan fingerprint density at radius 3 is 3.12 bits per heavy atom. The molecule has 7 heteroatoms. The molecule has 0 saturated carbocycles. The number of nitrogens with zero attached hydrogens (tertiary/aromatic N) is 4. The second-order valence-corrected chi connectivity index (χ2v) is 6.64. The van der Waals surface area contributed by atoms with Gasteiger partial charge in [-0.15, -0.1) is 0 Å². The molecule has 4 rings (SSSR count). The molecule has 0 aliphatic carbocycles. The fraction of sp³-hybridized carbons (Fsp3) is 0.556. The number of hydrogen-bond donors (Lipinski definition) is 0. The summed E-state index contributed by atoms with van der Waals surface area (Å²) in [4.78, 5) is 6.56. The smallest absolute Gasteiger partial charge is 0.231 e. The Bertz CT molecular complexity index is 677. The van der Waals surface area contributed by atoms with Gasteiger partial charge in [0.05, 0.1) is 6.61 Å². The van der Waals surface area contributed by atoms with Crippen molar-refractivity contribution in [2.75, 3.05) is 33.0 Å². The maximum atomic E-state index is 5.85. The zero-order valence-electron chi connectivity index (χ0n) is 14.3. The summed E-state index contributed by atoms with van der Waals surface area (Å²) in [5.74, 6) is 3.06. The molecular formula is C18H24N4O3. The van der Waals surface area contributed by atoms with E-state index in [9.17, 15) is 0 Å². The number of fused-ring (bicyclic) bond motifs is 1. The first-order valence-corrected chi connectivity index (χ1v) is 8.94. The number of benzene rings is 1. The molecule has 1 atom stereocenters. The van der Waals surface area contributed by atoms with Crippen LogP contribution in [0.25, 0.3) is 0 Å². The summed E-state index contributed by atoms with van der Waals surface area (Å²) in [6, 6.07) is 5.73. The standard InChI is InChI=1S/C18H24N4O3/c1-3-15(11-22-13-19-12-20-22)10-21(6-1)7-2-8-23-16-4-5-17-18(9-16)25-14-24-17/h4-5,9,12-13,15H,1-3,6-8,10-11,14H2. The summed E-state index contributed by atoms with van der Waals surface area (Å²) in [5, 5.41) is 4.22. The van der Waals surface area contributed by atoms with Crippen molar-refractivity contribution in [3.8, 4) is 17.2 Å². The van der Waals surface area contributed by atoms with Gasteiger partial charge in [0, 0.05) is 25.7 Å². The van der Waals surface area contributed by atoms with Gasteiger partial charge in [-0.2, -0.15) is 5.10 Å². The number of piperidine rings is 1. The molecular weight excluding hydrogens is 320 g/mol. The van der Waals surface area contributed by atoms with Gasteiger partial charge in [0.15, 0.2) is 11.5 Å². The summed E-state index contributed by atoms with van der Waals surface area (Å²) in [7, 11) is 0. The summed E-state index contributed by atoms with van der Waals surface area (Å²) < 4.78 is 18.5. The molecule has 3 heterocycles. The second-order valence-electron chi connectivity index (χ2n) is 6.64. The summed E-state index contributed by atoms with van der Waals surface area (Å²) in [5.41, 5.74) is 0. The minimum absolute atomic E-state index is 0.295. The van der Waals surface area contributed by atoms with E-state index in [0.717, 1.165) is 43.3 Å². The number of rotatable bonds is 7. The minimum Gasteiger partial charge on any atom is -0.493 e. The van der Waals surface area contributed by atoms with Crippen LogP contribution in [0, 0.1) is 5.92 Å². The molecule has 0 radical (unpaired) electrons. The maximum absolute atomic E-state index is 5.85. The van der Waals surface area contributed by atoms with E-state index in [0.29, 0.717) is 19.3 Å². The maximum Gasteiger partial charge on any atom is 0.231 e. The summed E-state index contributed by atoms with van der Waals surface area (Å²) in [6.45, 7) is 5.35. The van der Waals surface area contributed by atoms with Crippen molar-refractivity contribution < 1.29 is 14.2 Å². The molecule has 1 aromatic heterocycles. The molecule has 1 unspecified atom stereocenters. The molecule has 1 aromatic carbocycles. The second kappa shape index (κ2) is 7.74. The molecule has 2 aromatic rings. The van der Waals surface area contributed by atoms with Gasteiger partial charge in [-0.3, -0.25) is 4.68 Å². The van der Waals surface area contributed by atoms with Gasteiger partial charge in [0.25, 0.3) is 0 Å². The van der Waals surface area contributed by atoms with Crippen LogP contribution in [0.3, 0.4) is 0 Å². The third-order valence-electron chi connectivity index (χ3n) is 4.75. The number of likely N-dealkylation sites (tertiary alicyclic amines) is 1. The number of ether oxygens (including phenoxy) is 3. The largest absolute Gasteiger partial charge is 0.493 e. The third-order valence-corrected chi connectivity index (χ3v) is 4.75. The number of hydrogen-bond acceptors (Lipinski definition) is 6. The topological polar surface area (TPSA) is 61.6 Å². The summed E-state index contributed by atoms with van der Waals surface area (Å²) >= 11 is 0. The normalized spacial score (nSPS) is 19.9. The first kappa shape index (κ1) is 16.2. The third kappa shape index (κ3) is 4.22. The van der Waals surface area contributed by atoms with Crippen molar-refractivity contribution in [1.29, 1.82) is 0 Å². The fourth-order valence-corrected chi connectivity index (χ4v) is 3.54. The van der Waals surface area contributed by atoms with Gasteiger partial charge in [-0.25, -0.2) is 4.98 Å². The van der Waals surface area contributed by atoms with E-state index in [1.54, 1.807) is 12.7 Å². The van der Waals surface area contributed by atoms with Crippen LogP contribution in [0.15, 0.2) is 30.9 Å². The highest BCUT2D eigenvalue weighted by molar-refractivity contribution is 5.46. The van der Waals surface area contributed by atoms with Gasteiger partial charge in [0.2, 0.25) is 6.79 Å². The zero-order valence-corrected chi connectivity index (χ0v) is 14.3. The Labute approximate surface area is 147 Å². The van der Waals surface area contributed by atoms with E-state index in [2.05, 4.69) is 15.0 Å². The van der Waals surface area contributed by atoms with Gasteiger partial charge < -0.3 is 19.1 Å². The average Bonchev–Trinajstić information content (AvgIpc) is 3.30. The van der Waals surface area contributed by atoms with E-state index in [1.807, 2.05) is 22.9 Å². The van der Waals surface area contributed by atoms with Crippen LogP contribution in [0.4, 0.5) is 0 Å². The predicted molar refractivity (Wildman–Crippen MR) is 91.9 cm³/mol. The lowest BCUT2D eigenvalue weighted by Crippen LogP contribution is -2.38. The lowest BCUT2D eigenvalue weighted by Gasteiger charge is -2.32. The molecule has 0 bridgehead atoms. The Hall–Kier alpha value is -2.28. The lowest BCUT2D eigenvalue weighted by molar-refractivity contribution is 0.149. The lowest BCUT2D eigenvalue weighted by atomic mass is 9.98. The quantitative estimate of drug-likeness (QED) is 0.718. The van der Waals surface area contributed by atoms with Crippen molar-refractivity contribution in [2.24, 2.45) is 5.92 Å². The van der Waals surface area contributed by atoms with Crippen LogP contribution in [-0.2, 0) is 6.54 Å². The molecule has 25 heavy (non-hydrogen) atoms. The Balaban J connectivity index is 1.18. The van der Waals surface area contributed by atoms with Crippen LogP contribution in [-0.4, -0.2) is 52.7 Å². The molecule has 1 saturated heterocycles.